The van der Waals surface area contributed by atoms with Gasteiger partial charge >= 0.3 is 30.1 Å². The number of amides is 4. The summed E-state index contributed by atoms with van der Waals surface area (Å²) < 4.78 is 19.9. The molecule has 0 heterocycles. The average Bonchev–Trinajstić information content (AvgIpc) is 3.87. The minimum Gasteiger partial charge on any atom is -0.480 e. The Labute approximate surface area is 280 Å². The molecule has 0 aromatic heterocycles. The van der Waals surface area contributed by atoms with E-state index < -0.39 is 83.9 Å². The van der Waals surface area contributed by atoms with Crippen molar-refractivity contribution in [1.82, 2.24) is 21.3 Å². The number of ether oxygens (including phenoxy) is 4. The van der Waals surface area contributed by atoms with Crippen LogP contribution in [0.25, 0.3) is 0 Å². The van der Waals surface area contributed by atoms with E-state index in [-0.39, 0.29) is 6.54 Å². The van der Waals surface area contributed by atoms with Gasteiger partial charge in [-0.2, -0.15) is 0 Å². The fraction of sp³-hybridized carbons (Fsp3) is 0.774. The molecule has 4 unspecified atom stereocenters. The number of carboxylic acid groups (broad SMARTS) is 1. The number of alkyl carbamates (subject to hydrolysis) is 2. The number of rotatable bonds is 15. The number of hydrogen-bond donors (Lipinski definition) is 6. The number of carbonyl (C=O) groups excluding carboxylic acids is 6. The molecule has 17 nitrogen and oxygen atoms in total. The number of esters is 2. The van der Waals surface area contributed by atoms with Crippen LogP contribution in [0.4, 0.5) is 9.59 Å². The second-order valence-corrected chi connectivity index (χ2v) is 13.7. The summed E-state index contributed by atoms with van der Waals surface area (Å²) in [6, 6.07) is -1.57. The predicted molar refractivity (Wildman–Crippen MR) is 168 cm³/mol. The summed E-state index contributed by atoms with van der Waals surface area (Å²) in [6.45, 7) is 10.5. The normalized spacial score (nSPS) is 16.6. The molecule has 0 aromatic rings. The largest absolute Gasteiger partial charge is 0.480 e. The van der Waals surface area contributed by atoms with Gasteiger partial charge in [-0.3, -0.25) is 24.0 Å². The molecule has 48 heavy (non-hydrogen) atoms. The molecule has 0 aliphatic heterocycles. The van der Waals surface area contributed by atoms with Gasteiger partial charge < -0.3 is 50.4 Å². The van der Waals surface area contributed by atoms with Gasteiger partial charge in [0.05, 0.1) is 19.2 Å². The molecule has 0 aromatic carbocycles. The first kappa shape index (κ1) is 41.9. The SMILES string of the molecule is CC(C)(C)OC(=O)NC(CC1CC1)C(O)C(=O)NCC(=O)O.COC(=O)CNC(=O)C(OC(C)=O)C(CC1CC1)NC(=O)OC(C)(C)C. The lowest BCUT2D eigenvalue weighted by Crippen LogP contribution is -2.54. The van der Waals surface area contributed by atoms with Crippen molar-refractivity contribution >= 4 is 41.9 Å². The number of hydrogen-bond acceptors (Lipinski definition) is 12. The smallest absolute Gasteiger partial charge is 0.408 e. The highest BCUT2D eigenvalue weighted by molar-refractivity contribution is 5.88. The fourth-order valence-electron chi connectivity index (χ4n) is 4.15. The van der Waals surface area contributed by atoms with E-state index in [4.69, 9.17) is 19.3 Å². The second-order valence-electron chi connectivity index (χ2n) is 13.7. The molecule has 2 saturated carbocycles. The maximum Gasteiger partial charge on any atom is 0.408 e. The lowest BCUT2D eigenvalue weighted by Gasteiger charge is -2.28. The van der Waals surface area contributed by atoms with Crippen molar-refractivity contribution in [3.63, 3.8) is 0 Å². The van der Waals surface area contributed by atoms with Gasteiger partial charge in [-0.05, 0) is 66.2 Å². The third kappa shape index (κ3) is 19.5. The third-order valence-corrected chi connectivity index (χ3v) is 6.59. The van der Waals surface area contributed by atoms with Crippen molar-refractivity contribution in [2.24, 2.45) is 11.8 Å². The quantitative estimate of drug-likeness (QED) is 0.105. The van der Waals surface area contributed by atoms with Crippen LogP contribution in [0.3, 0.4) is 0 Å². The van der Waals surface area contributed by atoms with Gasteiger partial charge in [-0.1, -0.05) is 25.7 Å². The Morgan fingerprint density at radius 1 is 0.729 bits per heavy atom. The molecule has 0 bridgehead atoms. The summed E-state index contributed by atoms with van der Waals surface area (Å²) in [4.78, 5) is 81.2. The lowest BCUT2D eigenvalue weighted by atomic mass is 10.0. The zero-order chi connectivity index (χ0) is 36.8. The Kier molecular flexibility index (Phi) is 16.6. The Morgan fingerprint density at radius 2 is 1.17 bits per heavy atom. The molecule has 17 heteroatoms. The van der Waals surface area contributed by atoms with Crippen LogP contribution < -0.4 is 21.3 Å². The van der Waals surface area contributed by atoms with Crippen molar-refractivity contribution < 1.29 is 62.7 Å². The molecule has 2 fully saturated rings. The molecule has 2 aliphatic rings. The predicted octanol–water partition coefficient (Wildman–Crippen LogP) is 1.14. The zero-order valence-electron chi connectivity index (χ0n) is 29.0. The first-order valence-electron chi connectivity index (χ1n) is 15.8. The van der Waals surface area contributed by atoms with Crippen LogP contribution in [0, 0.1) is 11.8 Å². The number of carboxylic acids is 1. The molecule has 274 valence electrons. The molecule has 0 saturated heterocycles. The van der Waals surface area contributed by atoms with Crippen LogP contribution in [-0.2, 0) is 42.9 Å². The summed E-state index contributed by atoms with van der Waals surface area (Å²) in [5.41, 5.74) is -1.40. The summed E-state index contributed by atoms with van der Waals surface area (Å²) in [5, 5.41) is 28.1. The van der Waals surface area contributed by atoms with Crippen LogP contribution in [0.15, 0.2) is 0 Å². The molecule has 4 amide bonds. The minimum absolute atomic E-state index is 0.335. The number of aliphatic hydroxyl groups excluding tert-OH is 1. The van der Waals surface area contributed by atoms with E-state index in [0.717, 1.165) is 25.7 Å². The fourth-order valence-corrected chi connectivity index (χ4v) is 4.15. The Balaban J connectivity index is 0.000000487. The highest BCUT2D eigenvalue weighted by Gasteiger charge is 2.38. The standard InChI is InChI=1S/C17H28N2O7.C14H24N2O6/c1-10(20)25-14(15(22)18-9-13(21)24-5)12(8-11-6-7-11)19-16(23)26-17(2,3)4;1-14(2,3)22-13(21)16-9(6-8-4-5-8)11(19)12(20)15-7-10(17)18/h11-12,14H,6-9H2,1-5H3,(H,18,22)(H,19,23);8-9,11,19H,4-7H2,1-3H3,(H,15,20)(H,16,21)(H,17,18). The third-order valence-electron chi connectivity index (χ3n) is 6.59. The number of aliphatic hydroxyl groups is 1. The van der Waals surface area contributed by atoms with E-state index >= 15 is 0 Å². The van der Waals surface area contributed by atoms with Crippen LogP contribution in [0.2, 0.25) is 0 Å². The topological polar surface area (TPSA) is 245 Å². The van der Waals surface area contributed by atoms with Gasteiger partial charge in [0.25, 0.3) is 11.8 Å². The van der Waals surface area contributed by atoms with E-state index in [1.54, 1.807) is 41.5 Å². The van der Waals surface area contributed by atoms with Crippen LogP contribution in [0.5, 0.6) is 0 Å². The van der Waals surface area contributed by atoms with E-state index in [1.807, 2.05) is 0 Å². The first-order chi connectivity index (χ1) is 22.1. The van der Waals surface area contributed by atoms with Gasteiger partial charge in [0.2, 0.25) is 0 Å². The van der Waals surface area contributed by atoms with Crippen molar-refractivity contribution in [1.29, 1.82) is 0 Å². The number of aliphatic carboxylic acids is 1. The van der Waals surface area contributed by atoms with Gasteiger partial charge in [-0.15, -0.1) is 0 Å². The molecule has 2 rings (SSSR count). The van der Waals surface area contributed by atoms with Crippen LogP contribution >= 0.6 is 0 Å². The van der Waals surface area contributed by atoms with E-state index in [2.05, 4.69) is 26.0 Å². The Morgan fingerprint density at radius 3 is 1.56 bits per heavy atom. The van der Waals surface area contributed by atoms with E-state index in [1.165, 1.54) is 14.0 Å². The summed E-state index contributed by atoms with van der Waals surface area (Å²) in [5.74, 6) is -3.35. The molecular formula is C31H52N4O13. The molecule has 2 aliphatic carbocycles. The van der Waals surface area contributed by atoms with Crippen molar-refractivity contribution in [3.8, 4) is 0 Å². The Bertz CT molecular complexity index is 1140. The molecule has 0 radical (unpaired) electrons. The summed E-state index contributed by atoms with van der Waals surface area (Å²) in [7, 11) is 1.19. The number of carbonyl (C=O) groups is 7. The van der Waals surface area contributed by atoms with Gasteiger partial charge in [0.15, 0.2) is 12.2 Å². The molecule has 0 spiro atoms. The average molecular weight is 689 g/mol. The van der Waals surface area contributed by atoms with Crippen molar-refractivity contribution in [2.75, 3.05) is 20.2 Å². The maximum absolute atomic E-state index is 12.4. The molecular weight excluding hydrogens is 636 g/mol. The summed E-state index contributed by atoms with van der Waals surface area (Å²) in [6.07, 6.45) is 0.601. The monoisotopic (exact) mass is 688 g/mol. The van der Waals surface area contributed by atoms with E-state index in [0.29, 0.717) is 24.7 Å². The van der Waals surface area contributed by atoms with Crippen molar-refractivity contribution in [2.45, 2.75) is 122 Å². The molecule has 4 atom stereocenters. The highest BCUT2D eigenvalue weighted by atomic mass is 16.6. The maximum atomic E-state index is 12.4. The highest BCUT2D eigenvalue weighted by Crippen LogP contribution is 2.35. The van der Waals surface area contributed by atoms with Gasteiger partial charge in [0.1, 0.15) is 24.3 Å². The second kappa shape index (κ2) is 19.0. The van der Waals surface area contributed by atoms with E-state index in [9.17, 15) is 38.7 Å². The zero-order valence-corrected chi connectivity index (χ0v) is 29.0. The van der Waals surface area contributed by atoms with Gasteiger partial charge in [-0.25, -0.2) is 9.59 Å². The minimum atomic E-state index is -1.52. The van der Waals surface area contributed by atoms with Crippen LogP contribution in [-0.4, -0.2) is 108 Å². The lowest BCUT2D eigenvalue weighted by molar-refractivity contribution is -0.156. The van der Waals surface area contributed by atoms with Crippen molar-refractivity contribution in [3.05, 3.63) is 0 Å². The number of methoxy groups -OCH3 is 1. The Hall–Kier alpha value is -4.15. The first-order valence-corrected chi connectivity index (χ1v) is 15.8. The number of nitrogens with one attached hydrogen (secondary N) is 4. The van der Waals surface area contributed by atoms with Gasteiger partial charge in [0, 0.05) is 6.92 Å². The van der Waals surface area contributed by atoms with Crippen LogP contribution in [0.1, 0.15) is 87.0 Å². The summed E-state index contributed by atoms with van der Waals surface area (Å²) >= 11 is 0. The molecule has 6 N–H and O–H groups in total.